The van der Waals surface area contributed by atoms with Crippen LogP contribution in [0.4, 0.5) is 0 Å². The molecule has 0 saturated carbocycles. The Morgan fingerprint density at radius 2 is 1.96 bits per heavy atom. The number of hydrogen-bond acceptors (Lipinski definition) is 4. The van der Waals surface area contributed by atoms with Crippen LogP contribution in [0.15, 0.2) is 30.3 Å². The predicted octanol–water partition coefficient (Wildman–Crippen LogP) is 1.15. The lowest BCUT2D eigenvalue weighted by Gasteiger charge is -2.32. The molecule has 2 rings (SSSR count). The summed E-state index contributed by atoms with van der Waals surface area (Å²) in [6.07, 6.45) is 1.56. The Bertz CT molecular complexity index is 632. The fourth-order valence-corrected chi connectivity index (χ4v) is 4.91. The standard InChI is InChI=1S/C17H27N3O2S2/c1-19(2)11-12-20(16-9-13-24(21,22)14-16)17(23)18-10-8-15-6-4-3-5-7-15/h3-7,16H,8-14H2,1-2H3,(H,18,23)/t16-/m1/s1. The molecule has 0 radical (unpaired) electrons. The van der Waals surface area contributed by atoms with Gasteiger partial charge in [-0.15, -0.1) is 0 Å². The normalized spacial score (nSPS) is 19.4. The van der Waals surface area contributed by atoms with Crippen LogP contribution in [0.3, 0.4) is 0 Å². The fraction of sp³-hybridized carbons (Fsp3) is 0.588. The van der Waals surface area contributed by atoms with Crippen LogP contribution >= 0.6 is 12.2 Å². The molecule has 0 aromatic heterocycles. The third-order valence-corrected chi connectivity index (χ3v) is 6.36. The number of nitrogens with zero attached hydrogens (tertiary/aromatic N) is 2. The number of sulfone groups is 1. The number of benzene rings is 1. The van der Waals surface area contributed by atoms with Gasteiger partial charge in [0.2, 0.25) is 0 Å². The number of likely N-dealkylation sites (N-methyl/N-ethyl adjacent to an activating group) is 1. The minimum absolute atomic E-state index is 0.00771. The van der Waals surface area contributed by atoms with Crippen molar-refractivity contribution < 1.29 is 8.42 Å². The Kier molecular flexibility index (Phi) is 7.01. The molecule has 24 heavy (non-hydrogen) atoms. The summed E-state index contributed by atoms with van der Waals surface area (Å²) in [4.78, 5) is 4.15. The molecule has 0 amide bonds. The van der Waals surface area contributed by atoms with Crippen LogP contribution in [0.1, 0.15) is 12.0 Å². The van der Waals surface area contributed by atoms with Gasteiger partial charge in [-0.2, -0.15) is 0 Å². The molecule has 7 heteroatoms. The second kappa shape index (κ2) is 8.78. The van der Waals surface area contributed by atoms with Crippen LogP contribution in [0.5, 0.6) is 0 Å². The first-order valence-corrected chi connectivity index (χ1v) is 10.5. The molecule has 1 aliphatic heterocycles. The van der Waals surface area contributed by atoms with Gasteiger partial charge in [0.1, 0.15) is 0 Å². The fourth-order valence-electron chi connectivity index (χ4n) is 2.84. The van der Waals surface area contributed by atoms with Gasteiger partial charge in [-0.05, 0) is 44.7 Å². The van der Waals surface area contributed by atoms with Crippen molar-refractivity contribution in [1.29, 1.82) is 0 Å². The van der Waals surface area contributed by atoms with Gasteiger partial charge in [0.05, 0.1) is 11.5 Å². The molecule has 1 fully saturated rings. The third kappa shape index (κ3) is 6.03. The molecule has 1 aromatic carbocycles. The monoisotopic (exact) mass is 369 g/mol. The van der Waals surface area contributed by atoms with Crippen molar-refractivity contribution in [1.82, 2.24) is 15.1 Å². The van der Waals surface area contributed by atoms with E-state index >= 15 is 0 Å². The summed E-state index contributed by atoms with van der Waals surface area (Å²) in [6, 6.07) is 10.2. The number of hydrogen-bond donors (Lipinski definition) is 1. The van der Waals surface area contributed by atoms with E-state index in [0.717, 1.165) is 26.1 Å². The highest BCUT2D eigenvalue weighted by molar-refractivity contribution is 7.91. The zero-order valence-corrected chi connectivity index (χ0v) is 16.1. The summed E-state index contributed by atoms with van der Waals surface area (Å²) in [5.74, 6) is 0.476. The topological polar surface area (TPSA) is 52.6 Å². The van der Waals surface area contributed by atoms with Crippen LogP contribution in [0.25, 0.3) is 0 Å². The SMILES string of the molecule is CN(C)CCN(C(=S)NCCc1ccccc1)[C@@H]1CCS(=O)(=O)C1. The maximum atomic E-state index is 11.8. The average Bonchev–Trinajstić information content (AvgIpc) is 2.88. The average molecular weight is 370 g/mol. The first kappa shape index (κ1) is 19.1. The van der Waals surface area contributed by atoms with Crippen LogP contribution in [-0.4, -0.2) is 74.6 Å². The summed E-state index contributed by atoms with van der Waals surface area (Å²) >= 11 is 5.56. The molecule has 134 valence electrons. The van der Waals surface area contributed by atoms with Crippen molar-refractivity contribution in [2.45, 2.75) is 18.9 Å². The predicted molar refractivity (Wildman–Crippen MR) is 103 cm³/mol. The van der Waals surface area contributed by atoms with Gasteiger partial charge in [0.25, 0.3) is 0 Å². The summed E-state index contributed by atoms with van der Waals surface area (Å²) in [5.41, 5.74) is 1.26. The Morgan fingerprint density at radius 1 is 1.25 bits per heavy atom. The molecule has 1 N–H and O–H groups in total. The van der Waals surface area contributed by atoms with E-state index in [2.05, 4.69) is 27.2 Å². The summed E-state index contributed by atoms with van der Waals surface area (Å²) in [7, 11) is 1.10. The Labute approximate surface area is 150 Å². The van der Waals surface area contributed by atoms with E-state index in [1.54, 1.807) is 0 Å². The molecule has 1 aliphatic rings. The minimum atomic E-state index is -2.92. The van der Waals surface area contributed by atoms with Crippen LogP contribution in [0.2, 0.25) is 0 Å². The Hall–Kier alpha value is -1.18. The van der Waals surface area contributed by atoms with Crippen LogP contribution in [0, 0.1) is 0 Å². The van der Waals surface area contributed by atoms with Gasteiger partial charge in [-0.1, -0.05) is 30.3 Å². The van der Waals surface area contributed by atoms with E-state index in [0.29, 0.717) is 11.5 Å². The summed E-state index contributed by atoms with van der Waals surface area (Å²) < 4.78 is 23.6. The van der Waals surface area contributed by atoms with Crippen LogP contribution < -0.4 is 5.32 Å². The largest absolute Gasteiger partial charge is 0.362 e. The highest BCUT2D eigenvalue weighted by atomic mass is 32.2. The van der Waals surface area contributed by atoms with Gasteiger partial charge < -0.3 is 15.1 Å². The minimum Gasteiger partial charge on any atom is -0.362 e. The number of rotatable bonds is 7. The molecule has 1 saturated heterocycles. The van der Waals surface area contributed by atoms with Crippen molar-refractivity contribution in [3.8, 4) is 0 Å². The highest BCUT2D eigenvalue weighted by Crippen LogP contribution is 2.18. The quantitative estimate of drug-likeness (QED) is 0.728. The van der Waals surface area contributed by atoms with Crippen molar-refractivity contribution in [2.24, 2.45) is 0 Å². The van der Waals surface area contributed by atoms with E-state index in [9.17, 15) is 8.42 Å². The maximum Gasteiger partial charge on any atom is 0.169 e. The van der Waals surface area contributed by atoms with E-state index in [4.69, 9.17) is 12.2 Å². The highest BCUT2D eigenvalue weighted by Gasteiger charge is 2.33. The first-order valence-electron chi connectivity index (χ1n) is 8.31. The first-order chi connectivity index (χ1) is 11.4. The third-order valence-electron chi connectivity index (χ3n) is 4.23. The van der Waals surface area contributed by atoms with Crippen molar-refractivity contribution in [3.63, 3.8) is 0 Å². The van der Waals surface area contributed by atoms with Gasteiger partial charge >= 0.3 is 0 Å². The van der Waals surface area contributed by atoms with Gasteiger partial charge in [-0.25, -0.2) is 8.42 Å². The zero-order chi connectivity index (χ0) is 17.6. The van der Waals surface area contributed by atoms with Crippen molar-refractivity contribution in [2.75, 3.05) is 45.2 Å². The molecular formula is C17H27N3O2S2. The van der Waals surface area contributed by atoms with E-state index in [1.807, 2.05) is 32.3 Å². The van der Waals surface area contributed by atoms with Crippen LogP contribution in [-0.2, 0) is 16.3 Å². The molecular weight excluding hydrogens is 342 g/mol. The lowest BCUT2D eigenvalue weighted by Crippen LogP contribution is -2.49. The maximum absolute atomic E-state index is 11.8. The van der Waals surface area contributed by atoms with Crippen molar-refractivity contribution >= 4 is 27.2 Å². The van der Waals surface area contributed by atoms with E-state index < -0.39 is 9.84 Å². The second-order valence-electron chi connectivity index (χ2n) is 6.52. The number of thiocarbonyl (C=S) groups is 1. The second-order valence-corrected chi connectivity index (χ2v) is 9.14. The number of nitrogens with one attached hydrogen (secondary N) is 1. The zero-order valence-electron chi connectivity index (χ0n) is 14.4. The molecule has 1 heterocycles. The lowest BCUT2D eigenvalue weighted by molar-refractivity contribution is 0.283. The van der Waals surface area contributed by atoms with E-state index in [-0.39, 0.29) is 17.5 Å². The molecule has 0 bridgehead atoms. The van der Waals surface area contributed by atoms with Gasteiger partial charge in [0.15, 0.2) is 14.9 Å². The molecule has 1 atom stereocenters. The Balaban J connectivity index is 1.91. The Morgan fingerprint density at radius 3 is 2.54 bits per heavy atom. The van der Waals surface area contributed by atoms with E-state index in [1.165, 1.54) is 5.56 Å². The summed E-state index contributed by atoms with van der Waals surface area (Å²) in [6.45, 7) is 2.34. The smallest absolute Gasteiger partial charge is 0.169 e. The molecule has 1 aromatic rings. The van der Waals surface area contributed by atoms with Crippen molar-refractivity contribution in [3.05, 3.63) is 35.9 Å². The molecule has 5 nitrogen and oxygen atoms in total. The summed E-state index contributed by atoms with van der Waals surface area (Å²) in [5, 5.41) is 3.97. The molecule has 0 spiro atoms. The molecule has 0 aliphatic carbocycles. The van der Waals surface area contributed by atoms with Gasteiger partial charge in [-0.3, -0.25) is 0 Å². The molecule has 0 unspecified atom stereocenters. The lowest BCUT2D eigenvalue weighted by atomic mass is 10.1. The van der Waals surface area contributed by atoms with Gasteiger partial charge in [0, 0.05) is 25.7 Å².